The van der Waals surface area contributed by atoms with Gasteiger partial charge in [-0.05, 0) is 29.8 Å². The zero-order valence-corrected chi connectivity index (χ0v) is 10.1. The van der Waals surface area contributed by atoms with Gasteiger partial charge in [-0.3, -0.25) is 4.79 Å². The number of carbonyl (C=O) groups is 1. The van der Waals surface area contributed by atoms with E-state index in [1.165, 1.54) is 24.3 Å². The molecule has 0 aliphatic heterocycles. The van der Waals surface area contributed by atoms with Crippen molar-refractivity contribution in [1.29, 1.82) is 5.26 Å². The maximum Gasteiger partial charge on any atom is 0.252 e. The fraction of sp³-hybridized carbons (Fsp3) is 0.0667. The van der Waals surface area contributed by atoms with Gasteiger partial charge in [0, 0.05) is 5.56 Å². The summed E-state index contributed by atoms with van der Waals surface area (Å²) in [6.07, 6.45) is 0. The van der Waals surface area contributed by atoms with Gasteiger partial charge in [0.2, 0.25) is 0 Å². The van der Waals surface area contributed by atoms with E-state index in [1.54, 1.807) is 12.1 Å². The summed E-state index contributed by atoms with van der Waals surface area (Å²) < 4.78 is 0. The largest absolute Gasteiger partial charge is 0.508 e. The number of nitrogens with zero attached hydrogens (tertiary/aromatic N) is 1. The number of carbonyl (C=O) groups excluding carboxylic acids is 1. The first-order valence-corrected chi connectivity index (χ1v) is 5.75. The van der Waals surface area contributed by atoms with Crippen molar-refractivity contribution in [3.05, 3.63) is 65.7 Å². The first kappa shape index (κ1) is 12.7. The lowest BCUT2D eigenvalue weighted by atomic mass is 10.1. The standard InChI is InChI=1S/C15H12N2O2/c16-10-14(11-4-2-1-3-5-11)17-15(19)12-6-8-13(18)9-7-12/h1-9,14,18H,(H,17,19). The Morgan fingerprint density at radius 2 is 1.74 bits per heavy atom. The molecule has 0 radical (unpaired) electrons. The number of hydrogen-bond donors (Lipinski definition) is 2. The van der Waals surface area contributed by atoms with Gasteiger partial charge in [-0.1, -0.05) is 30.3 Å². The third kappa shape index (κ3) is 3.11. The van der Waals surface area contributed by atoms with Crippen molar-refractivity contribution in [2.24, 2.45) is 0 Å². The molecule has 0 bridgehead atoms. The molecule has 2 aromatic rings. The van der Waals surface area contributed by atoms with Crippen molar-refractivity contribution in [1.82, 2.24) is 5.32 Å². The van der Waals surface area contributed by atoms with Crippen LogP contribution in [0.5, 0.6) is 5.75 Å². The lowest BCUT2D eigenvalue weighted by Crippen LogP contribution is -2.27. The van der Waals surface area contributed by atoms with E-state index in [-0.39, 0.29) is 11.7 Å². The SMILES string of the molecule is N#CC(NC(=O)c1ccc(O)cc1)c1ccccc1. The van der Waals surface area contributed by atoms with Crippen LogP contribution in [0, 0.1) is 11.3 Å². The Morgan fingerprint density at radius 1 is 1.11 bits per heavy atom. The zero-order chi connectivity index (χ0) is 13.7. The molecule has 94 valence electrons. The third-order valence-electron chi connectivity index (χ3n) is 2.67. The van der Waals surface area contributed by atoms with Gasteiger partial charge in [0.1, 0.15) is 11.8 Å². The van der Waals surface area contributed by atoms with Crippen LogP contribution in [0.1, 0.15) is 22.0 Å². The molecule has 2 N–H and O–H groups in total. The minimum Gasteiger partial charge on any atom is -0.508 e. The Labute approximate surface area is 110 Å². The van der Waals surface area contributed by atoms with E-state index in [0.717, 1.165) is 5.56 Å². The molecule has 4 nitrogen and oxygen atoms in total. The number of amides is 1. The molecule has 0 aliphatic rings. The first-order valence-electron chi connectivity index (χ1n) is 5.75. The Morgan fingerprint density at radius 3 is 2.32 bits per heavy atom. The topological polar surface area (TPSA) is 73.1 Å². The fourth-order valence-electron chi connectivity index (χ4n) is 1.66. The summed E-state index contributed by atoms with van der Waals surface area (Å²) in [4.78, 5) is 12.0. The molecule has 2 rings (SSSR count). The predicted molar refractivity (Wildman–Crippen MR) is 70.4 cm³/mol. The maximum absolute atomic E-state index is 12.0. The second-order valence-electron chi connectivity index (χ2n) is 3.99. The van der Waals surface area contributed by atoms with Gasteiger partial charge in [0.25, 0.3) is 5.91 Å². The van der Waals surface area contributed by atoms with E-state index in [0.29, 0.717) is 5.56 Å². The fourth-order valence-corrected chi connectivity index (χ4v) is 1.66. The molecule has 2 aromatic carbocycles. The number of nitriles is 1. The van der Waals surface area contributed by atoms with Gasteiger partial charge in [-0.25, -0.2) is 0 Å². The summed E-state index contributed by atoms with van der Waals surface area (Å²) in [5.41, 5.74) is 1.13. The summed E-state index contributed by atoms with van der Waals surface area (Å²) in [6.45, 7) is 0. The number of phenols is 1. The highest BCUT2D eigenvalue weighted by Gasteiger charge is 2.14. The quantitative estimate of drug-likeness (QED) is 0.880. The number of benzene rings is 2. The molecule has 0 heterocycles. The number of phenolic OH excluding ortho intramolecular Hbond substituents is 1. The first-order chi connectivity index (χ1) is 9.20. The highest BCUT2D eigenvalue weighted by molar-refractivity contribution is 5.94. The van der Waals surface area contributed by atoms with Gasteiger partial charge < -0.3 is 10.4 Å². The average molecular weight is 252 g/mol. The number of nitrogens with one attached hydrogen (secondary N) is 1. The lowest BCUT2D eigenvalue weighted by molar-refractivity contribution is 0.0945. The molecule has 0 aromatic heterocycles. The molecule has 1 unspecified atom stereocenters. The number of hydrogen-bond acceptors (Lipinski definition) is 3. The van der Waals surface area contributed by atoms with Crippen molar-refractivity contribution < 1.29 is 9.90 Å². The minimum absolute atomic E-state index is 0.0939. The van der Waals surface area contributed by atoms with Crippen molar-refractivity contribution in [3.63, 3.8) is 0 Å². The van der Waals surface area contributed by atoms with Gasteiger partial charge >= 0.3 is 0 Å². The molecule has 4 heteroatoms. The molecule has 19 heavy (non-hydrogen) atoms. The Hall–Kier alpha value is -2.80. The van der Waals surface area contributed by atoms with Crippen molar-refractivity contribution in [3.8, 4) is 11.8 Å². The van der Waals surface area contributed by atoms with Gasteiger partial charge in [0.05, 0.1) is 6.07 Å². The molecule has 1 amide bonds. The van der Waals surface area contributed by atoms with Gasteiger partial charge in [-0.2, -0.15) is 5.26 Å². The predicted octanol–water partition coefficient (Wildman–Crippen LogP) is 2.39. The minimum atomic E-state index is -0.692. The van der Waals surface area contributed by atoms with E-state index in [1.807, 2.05) is 24.3 Å². The number of aromatic hydroxyl groups is 1. The van der Waals surface area contributed by atoms with E-state index >= 15 is 0 Å². The molecule has 0 aliphatic carbocycles. The normalized spacial score (nSPS) is 11.3. The Kier molecular flexibility index (Phi) is 3.79. The summed E-state index contributed by atoms with van der Waals surface area (Å²) in [5, 5.41) is 20.9. The van der Waals surface area contributed by atoms with Crippen LogP contribution in [0.2, 0.25) is 0 Å². The second kappa shape index (κ2) is 5.69. The smallest absolute Gasteiger partial charge is 0.252 e. The second-order valence-corrected chi connectivity index (χ2v) is 3.99. The summed E-state index contributed by atoms with van der Waals surface area (Å²) in [5.74, 6) is -0.258. The molecule has 0 fully saturated rings. The Bertz CT molecular complexity index is 600. The third-order valence-corrected chi connectivity index (χ3v) is 2.67. The molecule has 0 saturated carbocycles. The van der Waals surface area contributed by atoms with Crippen molar-refractivity contribution >= 4 is 5.91 Å². The average Bonchev–Trinajstić information content (AvgIpc) is 2.46. The van der Waals surface area contributed by atoms with Crippen LogP contribution in [0.4, 0.5) is 0 Å². The number of rotatable bonds is 3. The summed E-state index contributed by atoms with van der Waals surface area (Å²) in [7, 11) is 0. The van der Waals surface area contributed by atoms with E-state index in [9.17, 15) is 4.79 Å². The molecular weight excluding hydrogens is 240 g/mol. The van der Waals surface area contributed by atoms with Crippen LogP contribution in [-0.2, 0) is 0 Å². The maximum atomic E-state index is 12.0. The molecule has 0 spiro atoms. The molecule has 0 saturated heterocycles. The highest BCUT2D eigenvalue weighted by Crippen LogP contribution is 2.14. The van der Waals surface area contributed by atoms with Crippen LogP contribution in [0.3, 0.4) is 0 Å². The van der Waals surface area contributed by atoms with Crippen LogP contribution in [0.25, 0.3) is 0 Å². The van der Waals surface area contributed by atoms with Crippen LogP contribution in [0.15, 0.2) is 54.6 Å². The van der Waals surface area contributed by atoms with E-state index in [2.05, 4.69) is 5.32 Å². The monoisotopic (exact) mass is 252 g/mol. The van der Waals surface area contributed by atoms with Crippen LogP contribution >= 0.6 is 0 Å². The zero-order valence-electron chi connectivity index (χ0n) is 10.1. The van der Waals surface area contributed by atoms with Crippen LogP contribution in [-0.4, -0.2) is 11.0 Å². The van der Waals surface area contributed by atoms with Gasteiger partial charge in [0.15, 0.2) is 0 Å². The van der Waals surface area contributed by atoms with Crippen molar-refractivity contribution in [2.45, 2.75) is 6.04 Å². The lowest BCUT2D eigenvalue weighted by Gasteiger charge is -2.11. The van der Waals surface area contributed by atoms with Gasteiger partial charge in [-0.15, -0.1) is 0 Å². The summed E-state index contributed by atoms with van der Waals surface area (Å²) in [6, 6.07) is 16.3. The van der Waals surface area contributed by atoms with E-state index in [4.69, 9.17) is 10.4 Å². The van der Waals surface area contributed by atoms with Crippen LogP contribution < -0.4 is 5.32 Å². The Balaban J connectivity index is 2.13. The molecular formula is C15H12N2O2. The molecule has 1 atom stereocenters. The summed E-state index contributed by atoms with van der Waals surface area (Å²) >= 11 is 0. The van der Waals surface area contributed by atoms with E-state index < -0.39 is 6.04 Å². The van der Waals surface area contributed by atoms with Crippen molar-refractivity contribution in [2.75, 3.05) is 0 Å². The highest BCUT2D eigenvalue weighted by atomic mass is 16.3.